The molecule has 1 aliphatic heterocycles. The van der Waals surface area contributed by atoms with Gasteiger partial charge < -0.3 is 16.0 Å². The van der Waals surface area contributed by atoms with Gasteiger partial charge in [-0.05, 0) is 49.8 Å². The van der Waals surface area contributed by atoms with Crippen LogP contribution in [0.15, 0.2) is 59.4 Å². The number of rotatable bonds is 7. The molecule has 10 nitrogen and oxygen atoms in total. The first-order chi connectivity index (χ1) is 16.2. The number of pyridine rings is 1. The summed E-state index contributed by atoms with van der Waals surface area (Å²) >= 11 is 0. The molecule has 10 heteroatoms. The largest absolute Gasteiger partial charge is 0.370 e. The number of likely N-dealkylation sites (tertiary alicyclic amines) is 1. The topological polar surface area (TPSA) is 154 Å². The van der Waals surface area contributed by atoms with Crippen molar-refractivity contribution in [1.29, 1.82) is 5.41 Å². The molecule has 1 aliphatic rings. The molecule has 0 bridgehead atoms. The predicted molar refractivity (Wildman–Crippen MR) is 128 cm³/mol. The van der Waals surface area contributed by atoms with E-state index in [4.69, 9.17) is 16.4 Å². The maximum atomic E-state index is 13.4. The molecule has 180 valence electrons. The molecule has 2 atom stereocenters. The molecule has 1 saturated heterocycles. The number of carbonyl (C=O) groups excluding carboxylic acids is 2. The second-order valence-electron chi connectivity index (χ2n) is 8.34. The Morgan fingerprint density at radius 1 is 1.24 bits per heavy atom. The lowest BCUT2D eigenvalue weighted by atomic mass is 9.87. The molecule has 3 rings (SSSR count). The van der Waals surface area contributed by atoms with Crippen LogP contribution in [0.3, 0.4) is 0 Å². The van der Waals surface area contributed by atoms with Gasteiger partial charge in [-0.3, -0.25) is 29.6 Å². The third-order valence-electron chi connectivity index (χ3n) is 6.15. The van der Waals surface area contributed by atoms with Gasteiger partial charge in [0.05, 0.1) is 0 Å². The van der Waals surface area contributed by atoms with Crippen molar-refractivity contribution in [2.75, 3.05) is 11.9 Å². The summed E-state index contributed by atoms with van der Waals surface area (Å²) in [6, 6.07) is 12.9. The average Bonchev–Trinajstić information content (AvgIpc) is 2.84. The zero-order valence-electron chi connectivity index (χ0n) is 19.1. The first-order valence-corrected chi connectivity index (χ1v) is 11.0. The average molecular weight is 467 g/mol. The van der Waals surface area contributed by atoms with Crippen LogP contribution in [0.5, 0.6) is 0 Å². The van der Waals surface area contributed by atoms with E-state index in [2.05, 4.69) is 11.9 Å². The zero-order chi connectivity index (χ0) is 24.8. The van der Waals surface area contributed by atoms with Crippen molar-refractivity contribution in [3.8, 4) is 0 Å². The molecule has 0 saturated carbocycles. The Hall–Kier alpha value is -3.92. The molecule has 0 spiro atoms. The van der Waals surface area contributed by atoms with E-state index in [0.29, 0.717) is 25.1 Å². The van der Waals surface area contributed by atoms with E-state index < -0.39 is 17.6 Å². The number of benzene rings is 1. The van der Waals surface area contributed by atoms with E-state index in [0.717, 1.165) is 5.56 Å². The van der Waals surface area contributed by atoms with E-state index in [1.165, 1.54) is 4.57 Å². The highest BCUT2D eigenvalue weighted by molar-refractivity contribution is 5.92. The molecule has 1 aromatic carbocycles. The van der Waals surface area contributed by atoms with Crippen molar-refractivity contribution in [2.24, 2.45) is 11.7 Å². The van der Waals surface area contributed by atoms with Crippen LogP contribution in [0.1, 0.15) is 36.7 Å². The summed E-state index contributed by atoms with van der Waals surface area (Å²) in [6.45, 7) is 5.85. The lowest BCUT2D eigenvalue weighted by Crippen LogP contribution is -2.50. The van der Waals surface area contributed by atoms with Crippen molar-refractivity contribution >= 4 is 23.5 Å². The summed E-state index contributed by atoms with van der Waals surface area (Å²) < 4.78 is 1.48. The Balaban J connectivity index is 1.85. The number of nitrogens with zero attached hydrogens (tertiary/aromatic N) is 2. The zero-order valence-corrected chi connectivity index (χ0v) is 19.1. The summed E-state index contributed by atoms with van der Waals surface area (Å²) in [5.74, 6) is -1.51. The number of piperidine rings is 1. The van der Waals surface area contributed by atoms with Gasteiger partial charge in [0, 0.05) is 24.2 Å². The van der Waals surface area contributed by atoms with Crippen LogP contribution in [-0.4, -0.2) is 39.0 Å². The molecular formula is C24H30N6O4. The summed E-state index contributed by atoms with van der Waals surface area (Å²) in [5.41, 5.74) is 8.91. The molecule has 2 aromatic rings. The Labute approximate surface area is 197 Å². The van der Waals surface area contributed by atoms with Gasteiger partial charge in [0.15, 0.2) is 5.96 Å². The molecule has 0 aliphatic carbocycles. The number of nitrogens with two attached hydrogens (primary N) is 1. The second kappa shape index (κ2) is 10.8. The minimum Gasteiger partial charge on any atom is -0.370 e. The van der Waals surface area contributed by atoms with Crippen LogP contribution in [-0.2, 0) is 16.0 Å². The summed E-state index contributed by atoms with van der Waals surface area (Å²) in [5, 5.41) is 19.6. The molecule has 2 unspecified atom stereocenters. The Morgan fingerprint density at radius 3 is 2.59 bits per heavy atom. The number of hydroxylamine groups is 1. The number of aromatic nitrogens is 1. The molecule has 1 aromatic heterocycles. The Bertz CT molecular complexity index is 1140. The summed E-state index contributed by atoms with van der Waals surface area (Å²) in [6.07, 6.45) is 0.861. The Morgan fingerprint density at radius 2 is 1.94 bits per heavy atom. The predicted octanol–water partition coefficient (Wildman–Crippen LogP) is 1.89. The fourth-order valence-electron chi connectivity index (χ4n) is 4.27. The van der Waals surface area contributed by atoms with Gasteiger partial charge in [-0.15, -0.1) is 0 Å². The summed E-state index contributed by atoms with van der Waals surface area (Å²) in [7, 11) is 0. The first-order valence-electron chi connectivity index (χ1n) is 11.0. The number of nitrogens with one attached hydrogen (secondary N) is 3. The lowest BCUT2D eigenvalue weighted by molar-refractivity contribution is -0.126. The smallest absolute Gasteiger partial charge is 0.276 e. The molecule has 6 N–H and O–H groups in total. The standard InChI is InChI=1S/C24H30N6O4/c1-15-8-10-19(27-20(31)11-9-17-6-4-3-5-7-17)23(33)30(15)21-14-18(16(2)22(32)28-34)12-13-29(21)24(25)26/h3-8,10,18,21,34H,2,9,11-14H2,1H3,(H3,25,26)(H,27,31)(H,28,32). The monoisotopic (exact) mass is 466 g/mol. The normalized spacial score (nSPS) is 17.6. The lowest BCUT2D eigenvalue weighted by Gasteiger charge is -2.41. The van der Waals surface area contributed by atoms with Crippen LogP contribution in [0.25, 0.3) is 0 Å². The van der Waals surface area contributed by atoms with Crippen molar-refractivity contribution < 1.29 is 14.8 Å². The third-order valence-corrected chi connectivity index (χ3v) is 6.15. The number of anilines is 1. The molecule has 2 heterocycles. The van der Waals surface area contributed by atoms with Gasteiger partial charge in [0.1, 0.15) is 11.9 Å². The van der Waals surface area contributed by atoms with E-state index in [9.17, 15) is 14.4 Å². The molecule has 0 radical (unpaired) electrons. The maximum Gasteiger partial charge on any atom is 0.276 e. The van der Waals surface area contributed by atoms with Crippen molar-refractivity contribution in [1.82, 2.24) is 14.9 Å². The van der Waals surface area contributed by atoms with Crippen LogP contribution in [0, 0.1) is 18.3 Å². The third kappa shape index (κ3) is 5.52. The molecule has 34 heavy (non-hydrogen) atoms. The quantitative estimate of drug-likeness (QED) is 0.138. The number of aryl methyl sites for hydroxylation is 2. The highest BCUT2D eigenvalue weighted by Gasteiger charge is 2.35. The summed E-state index contributed by atoms with van der Waals surface area (Å²) in [4.78, 5) is 39.4. The van der Waals surface area contributed by atoms with Crippen molar-refractivity contribution in [3.05, 3.63) is 76.2 Å². The van der Waals surface area contributed by atoms with Gasteiger partial charge in [0.2, 0.25) is 5.91 Å². The molecule has 1 fully saturated rings. The Kier molecular flexibility index (Phi) is 7.85. The van der Waals surface area contributed by atoms with Gasteiger partial charge in [-0.25, -0.2) is 5.48 Å². The van der Waals surface area contributed by atoms with Crippen LogP contribution in [0.4, 0.5) is 5.69 Å². The fourth-order valence-corrected chi connectivity index (χ4v) is 4.27. The van der Waals surface area contributed by atoms with Crippen molar-refractivity contribution in [3.63, 3.8) is 0 Å². The molecular weight excluding hydrogens is 436 g/mol. The number of guanidine groups is 1. The minimum atomic E-state index is -0.691. The van der Waals surface area contributed by atoms with Crippen LogP contribution >= 0.6 is 0 Å². The first kappa shape index (κ1) is 24.7. The SMILES string of the molecule is C=C(C(=O)NO)C1CCN(C(=N)N)C(n2c(C)ccc(NC(=O)CCc3ccccc3)c2=O)C1. The van der Waals surface area contributed by atoms with Gasteiger partial charge in [-0.2, -0.15) is 0 Å². The van der Waals surface area contributed by atoms with E-state index >= 15 is 0 Å². The van der Waals surface area contributed by atoms with E-state index in [1.54, 1.807) is 29.4 Å². The van der Waals surface area contributed by atoms with Gasteiger partial charge in [-0.1, -0.05) is 36.9 Å². The minimum absolute atomic E-state index is 0.126. The van der Waals surface area contributed by atoms with Gasteiger partial charge in [0.25, 0.3) is 11.5 Å². The maximum absolute atomic E-state index is 13.4. The molecule has 2 amide bonds. The highest BCUT2D eigenvalue weighted by Crippen LogP contribution is 2.34. The van der Waals surface area contributed by atoms with Crippen LogP contribution < -0.4 is 22.1 Å². The number of carbonyl (C=O) groups is 2. The highest BCUT2D eigenvalue weighted by atomic mass is 16.5. The fraction of sp³-hybridized carbons (Fsp3) is 0.333. The number of hydrogen-bond acceptors (Lipinski definition) is 5. The number of amides is 2. The van der Waals surface area contributed by atoms with E-state index in [1.807, 2.05) is 30.3 Å². The van der Waals surface area contributed by atoms with E-state index in [-0.39, 0.29) is 41.9 Å². The second-order valence-corrected chi connectivity index (χ2v) is 8.34. The van der Waals surface area contributed by atoms with Crippen LogP contribution in [0.2, 0.25) is 0 Å². The van der Waals surface area contributed by atoms with Gasteiger partial charge >= 0.3 is 0 Å². The van der Waals surface area contributed by atoms with Crippen molar-refractivity contribution in [2.45, 2.75) is 38.8 Å². The number of hydrogen-bond donors (Lipinski definition) is 5.